The van der Waals surface area contributed by atoms with Gasteiger partial charge >= 0.3 is 17.9 Å². The number of aliphatic hydroxyl groups is 1. The van der Waals surface area contributed by atoms with Crippen LogP contribution in [0.2, 0.25) is 0 Å². The van der Waals surface area contributed by atoms with E-state index in [0.29, 0.717) is 0 Å². The number of hydrogen-bond donors (Lipinski definition) is 1. The van der Waals surface area contributed by atoms with Crippen molar-refractivity contribution in [3.05, 3.63) is 108 Å². The topological polar surface area (TPSA) is 131 Å². The minimum atomic E-state index is -2.03. The van der Waals surface area contributed by atoms with E-state index in [2.05, 4.69) is 0 Å². The molecule has 0 spiro atoms. The first-order valence-electron chi connectivity index (χ1n) is 11.2. The minimum Gasteiger partial charge on any atom is -0.828 e. The first-order chi connectivity index (χ1) is 17.4. The second-order valence-electron chi connectivity index (χ2n) is 7.97. The molecule has 9 nitrogen and oxygen atoms in total. The fourth-order valence-electron chi connectivity index (χ4n) is 3.65. The number of ether oxygens (including phenoxy) is 4. The van der Waals surface area contributed by atoms with Gasteiger partial charge < -0.3 is 29.2 Å². The van der Waals surface area contributed by atoms with Gasteiger partial charge in [0.15, 0.2) is 6.10 Å². The second kappa shape index (κ2) is 11.6. The zero-order valence-electron chi connectivity index (χ0n) is 19.0. The van der Waals surface area contributed by atoms with Gasteiger partial charge in [0.05, 0.1) is 16.7 Å². The summed E-state index contributed by atoms with van der Waals surface area (Å²) in [6, 6.07) is 24.0. The Balaban J connectivity index is 1.52. The van der Waals surface area contributed by atoms with Crippen LogP contribution in [0.1, 0.15) is 31.1 Å². The number of esters is 3. The molecule has 3 aromatic carbocycles. The summed E-state index contributed by atoms with van der Waals surface area (Å²) < 4.78 is 21.4. The molecule has 0 amide bonds. The summed E-state index contributed by atoms with van der Waals surface area (Å²) in [7, 11) is 0. The first kappa shape index (κ1) is 25.1. The summed E-state index contributed by atoms with van der Waals surface area (Å²) in [6.07, 6.45) is -8.25. The van der Waals surface area contributed by atoms with E-state index in [1.54, 1.807) is 66.7 Å². The summed E-state index contributed by atoms with van der Waals surface area (Å²) >= 11 is 0. The van der Waals surface area contributed by atoms with Crippen molar-refractivity contribution in [1.82, 2.24) is 0 Å². The van der Waals surface area contributed by atoms with Gasteiger partial charge in [0.1, 0.15) is 24.9 Å². The molecule has 0 aromatic heterocycles. The highest BCUT2D eigenvalue weighted by Crippen LogP contribution is 2.26. The maximum absolute atomic E-state index is 12.7. The highest BCUT2D eigenvalue weighted by molar-refractivity contribution is 5.90. The summed E-state index contributed by atoms with van der Waals surface area (Å²) in [6.45, 7) is -0.490. The van der Waals surface area contributed by atoms with Gasteiger partial charge in [-0.3, -0.25) is 0 Å². The van der Waals surface area contributed by atoms with Crippen molar-refractivity contribution in [2.75, 3.05) is 6.61 Å². The first-order valence-corrected chi connectivity index (χ1v) is 11.2. The number of carbonyl (C=O) groups excluding carboxylic acids is 3. The molecule has 0 saturated carbocycles. The molecular formula is C27H23O9-. The Hall–Kier alpha value is -4.05. The molecule has 1 N–H and O–H groups in total. The van der Waals surface area contributed by atoms with Crippen LogP contribution in [-0.4, -0.2) is 60.3 Å². The third-order valence-corrected chi connectivity index (χ3v) is 5.51. The standard InChI is InChI=1S/C27H23O9/c28-21-22(35-25(30)18-12-6-2-7-13-18)20(16-33-24(29)17-10-4-1-5-11-17)34-27(32)23(21)36-26(31)19-14-8-3-9-15-19/h1-15,20-23,27-28H,16H2/q-1/t20-,21+,22-,23-,27-/m1/s1. The van der Waals surface area contributed by atoms with Gasteiger partial charge in [-0.05, 0) is 36.4 Å². The van der Waals surface area contributed by atoms with Gasteiger partial charge in [-0.2, -0.15) is 0 Å². The molecular weight excluding hydrogens is 468 g/mol. The van der Waals surface area contributed by atoms with E-state index >= 15 is 0 Å². The smallest absolute Gasteiger partial charge is 0.338 e. The molecule has 0 radical (unpaired) electrons. The predicted octanol–water partition coefficient (Wildman–Crippen LogP) is 1.74. The average Bonchev–Trinajstić information content (AvgIpc) is 2.92. The molecule has 36 heavy (non-hydrogen) atoms. The maximum Gasteiger partial charge on any atom is 0.338 e. The van der Waals surface area contributed by atoms with Crippen LogP contribution in [0.5, 0.6) is 0 Å². The molecule has 1 aliphatic rings. The monoisotopic (exact) mass is 491 g/mol. The zero-order valence-corrected chi connectivity index (χ0v) is 19.0. The Morgan fingerprint density at radius 3 is 1.58 bits per heavy atom. The van der Waals surface area contributed by atoms with E-state index in [1.165, 1.54) is 24.3 Å². The van der Waals surface area contributed by atoms with E-state index in [4.69, 9.17) is 18.9 Å². The summed E-state index contributed by atoms with van der Waals surface area (Å²) in [5.41, 5.74) is 0.612. The van der Waals surface area contributed by atoms with E-state index in [9.17, 15) is 24.6 Å². The van der Waals surface area contributed by atoms with Gasteiger partial charge in [0.25, 0.3) is 0 Å². The Labute approximate surface area is 206 Å². The van der Waals surface area contributed by atoms with Crippen molar-refractivity contribution in [2.24, 2.45) is 0 Å². The molecule has 5 atom stereocenters. The van der Waals surface area contributed by atoms with E-state index < -0.39 is 55.2 Å². The lowest BCUT2D eigenvalue weighted by atomic mass is 9.98. The fourth-order valence-corrected chi connectivity index (χ4v) is 3.65. The van der Waals surface area contributed by atoms with Crippen LogP contribution in [-0.2, 0) is 18.9 Å². The average molecular weight is 491 g/mol. The van der Waals surface area contributed by atoms with Crippen LogP contribution in [0.15, 0.2) is 91.0 Å². The third kappa shape index (κ3) is 5.95. The van der Waals surface area contributed by atoms with Crippen LogP contribution in [0, 0.1) is 0 Å². The number of hydrogen-bond acceptors (Lipinski definition) is 9. The van der Waals surface area contributed by atoms with Gasteiger partial charge in [-0.15, -0.1) is 0 Å². The van der Waals surface area contributed by atoms with E-state index in [-0.39, 0.29) is 16.7 Å². The molecule has 1 aliphatic heterocycles. The van der Waals surface area contributed by atoms with Crippen molar-refractivity contribution in [1.29, 1.82) is 0 Å². The molecule has 186 valence electrons. The van der Waals surface area contributed by atoms with Crippen LogP contribution < -0.4 is 5.11 Å². The van der Waals surface area contributed by atoms with Gasteiger partial charge in [-0.25, -0.2) is 14.4 Å². The normalized spacial score (nSPS) is 23.3. The zero-order chi connectivity index (χ0) is 25.5. The highest BCUT2D eigenvalue weighted by atomic mass is 16.7. The second-order valence-corrected chi connectivity index (χ2v) is 7.97. The van der Waals surface area contributed by atoms with Crippen molar-refractivity contribution < 1.29 is 43.5 Å². The largest absolute Gasteiger partial charge is 0.828 e. The molecule has 1 saturated heterocycles. The Bertz CT molecular complexity index is 1170. The quantitative estimate of drug-likeness (QED) is 0.388. The minimum absolute atomic E-state index is 0.161. The Kier molecular flexibility index (Phi) is 8.06. The lowest BCUT2D eigenvalue weighted by Gasteiger charge is -2.46. The molecule has 9 heteroatoms. The van der Waals surface area contributed by atoms with Gasteiger partial charge in [0.2, 0.25) is 0 Å². The summed E-state index contributed by atoms with van der Waals surface area (Å²) in [5, 5.41) is 23.7. The van der Waals surface area contributed by atoms with Crippen LogP contribution in [0.25, 0.3) is 0 Å². The van der Waals surface area contributed by atoms with Crippen molar-refractivity contribution >= 4 is 17.9 Å². The van der Waals surface area contributed by atoms with Crippen molar-refractivity contribution in [2.45, 2.75) is 30.7 Å². The van der Waals surface area contributed by atoms with Crippen molar-refractivity contribution in [3.8, 4) is 0 Å². The van der Waals surface area contributed by atoms with E-state index in [0.717, 1.165) is 0 Å². The number of rotatable bonds is 7. The predicted molar refractivity (Wildman–Crippen MR) is 123 cm³/mol. The number of benzene rings is 3. The number of carbonyl (C=O) groups is 3. The molecule has 0 unspecified atom stereocenters. The summed E-state index contributed by atoms with van der Waals surface area (Å²) in [4.78, 5) is 37.6. The van der Waals surface area contributed by atoms with Crippen molar-refractivity contribution in [3.63, 3.8) is 0 Å². The van der Waals surface area contributed by atoms with E-state index in [1.807, 2.05) is 0 Å². The van der Waals surface area contributed by atoms with Gasteiger partial charge in [0, 0.05) is 6.29 Å². The molecule has 4 rings (SSSR count). The molecule has 3 aromatic rings. The Morgan fingerprint density at radius 1 is 0.694 bits per heavy atom. The molecule has 1 heterocycles. The van der Waals surface area contributed by atoms with Gasteiger partial charge in [-0.1, -0.05) is 54.6 Å². The van der Waals surface area contributed by atoms with Crippen LogP contribution >= 0.6 is 0 Å². The maximum atomic E-state index is 12.7. The lowest BCUT2D eigenvalue weighted by molar-refractivity contribution is -0.531. The molecule has 0 aliphatic carbocycles. The Morgan fingerprint density at radius 2 is 1.11 bits per heavy atom. The lowest BCUT2D eigenvalue weighted by Crippen LogP contribution is -2.64. The highest BCUT2D eigenvalue weighted by Gasteiger charge is 2.46. The van der Waals surface area contributed by atoms with Crippen LogP contribution in [0.4, 0.5) is 0 Å². The van der Waals surface area contributed by atoms with Crippen LogP contribution in [0.3, 0.4) is 0 Å². The third-order valence-electron chi connectivity index (χ3n) is 5.51. The molecule has 1 fully saturated rings. The fraction of sp³-hybridized carbons (Fsp3) is 0.222. The number of aliphatic hydroxyl groups excluding tert-OH is 1. The molecule has 0 bridgehead atoms. The SMILES string of the molecule is O=C(OC[C@H]1O[C@@H]([O-])[C@H](OC(=O)c2ccccc2)[C@@H](O)[C@@H]1OC(=O)c1ccccc1)c1ccccc1. The summed E-state index contributed by atoms with van der Waals surface area (Å²) in [5.74, 6) is -2.35.